The minimum absolute atomic E-state index is 0.602. The summed E-state index contributed by atoms with van der Waals surface area (Å²) in [6.45, 7) is 1.28. The molecule has 0 saturated heterocycles. The van der Waals surface area contributed by atoms with Crippen molar-refractivity contribution in [2.75, 3.05) is 11.6 Å². The first-order chi connectivity index (χ1) is 12.8. The molecule has 0 bridgehead atoms. The van der Waals surface area contributed by atoms with Gasteiger partial charge < -0.3 is 5.32 Å². The number of aromatic nitrogens is 5. The van der Waals surface area contributed by atoms with Crippen LogP contribution in [-0.2, 0) is 13.1 Å². The second kappa shape index (κ2) is 7.53. The van der Waals surface area contributed by atoms with E-state index in [-0.39, 0.29) is 0 Å². The number of hydrogen-bond acceptors (Lipinski definition) is 6. The van der Waals surface area contributed by atoms with Crippen LogP contribution in [0.1, 0.15) is 11.3 Å². The third-order valence-corrected chi connectivity index (χ3v) is 4.54. The Morgan fingerprint density at radius 3 is 2.65 bits per heavy atom. The molecule has 0 aliphatic rings. The predicted molar refractivity (Wildman–Crippen MR) is 104 cm³/mol. The summed E-state index contributed by atoms with van der Waals surface area (Å²) >= 11 is 1.52. The third-order valence-electron chi connectivity index (χ3n) is 4.00. The molecule has 0 saturated carbocycles. The van der Waals surface area contributed by atoms with E-state index < -0.39 is 0 Å². The zero-order chi connectivity index (χ0) is 17.8. The highest BCUT2D eigenvalue weighted by molar-refractivity contribution is 7.98. The lowest BCUT2D eigenvalue weighted by atomic mass is 10.2. The van der Waals surface area contributed by atoms with Crippen LogP contribution >= 0.6 is 11.8 Å². The van der Waals surface area contributed by atoms with E-state index >= 15 is 0 Å². The minimum Gasteiger partial charge on any atom is -0.364 e. The predicted octanol–water partition coefficient (Wildman–Crippen LogP) is 3.60. The first kappa shape index (κ1) is 16.5. The second-order valence-corrected chi connectivity index (χ2v) is 6.53. The molecule has 4 rings (SSSR count). The van der Waals surface area contributed by atoms with Gasteiger partial charge in [-0.15, -0.1) is 0 Å². The van der Waals surface area contributed by atoms with Crippen LogP contribution in [0.4, 0.5) is 5.82 Å². The molecule has 1 aromatic carbocycles. The lowest BCUT2D eigenvalue weighted by Crippen LogP contribution is -2.06. The maximum absolute atomic E-state index is 4.66. The number of nitrogens with zero attached hydrogens (tertiary/aromatic N) is 5. The van der Waals surface area contributed by atoms with Crippen molar-refractivity contribution < 1.29 is 0 Å². The molecule has 3 heterocycles. The van der Waals surface area contributed by atoms with Gasteiger partial charge in [-0.1, -0.05) is 48.2 Å². The maximum atomic E-state index is 4.66. The van der Waals surface area contributed by atoms with E-state index in [4.69, 9.17) is 0 Å². The number of benzene rings is 1. The van der Waals surface area contributed by atoms with E-state index in [1.807, 2.05) is 53.5 Å². The molecule has 1 N–H and O–H groups in total. The van der Waals surface area contributed by atoms with Crippen molar-refractivity contribution in [1.82, 2.24) is 24.7 Å². The van der Waals surface area contributed by atoms with Crippen molar-refractivity contribution in [2.45, 2.75) is 18.2 Å². The Hall–Kier alpha value is -2.93. The van der Waals surface area contributed by atoms with Crippen molar-refractivity contribution in [3.63, 3.8) is 0 Å². The molecule has 7 heteroatoms. The van der Waals surface area contributed by atoms with Crippen LogP contribution < -0.4 is 5.32 Å². The molecule has 0 fully saturated rings. The monoisotopic (exact) mass is 362 g/mol. The van der Waals surface area contributed by atoms with Gasteiger partial charge in [0.15, 0.2) is 10.8 Å². The van der Waals surface area contributed by atoms with Crippen LogP contribution in [0.3, 0.4) is 0 Å². The molecule has 0 unspecified atom stereocenters. The molecule has 4 aromatic rings. The van der Waals surface area contributed by atoms with Crippen LogP contribution in [0.25, 0.3) is 11.0 Å². The standard InChI is InChI=1S/C19H18N6S/c1-26-19-23-17(21-11-15-9-5-6-10-20-15)16-12-22-25(18(16)24-19)13-14-7-3-2-4-8-14/h2-10,12H,11,13H2,1H3,(H,21,23,24). The van der Waals surface area contributed by atoms with Crippen molar-refractivity contribution in [3.05, 3.63) is 72.2 Å². The smallest absolute Gasteiger partial charge is 0.191 e. The molecule has 0 aliphatic carbocycles. The summed E-state index contributed by atoms with van der Waals surface area (Å²) in [5.41, 5.74) is 2.98. The van der Waals surface area contributed by atoms with Gasteiger partial charge in [-0.3, -0.25) is 4.98 Å². The molecule has 130 valence electrons. The molecule has 6 nitrogen and oxygen atoms in total. The number of nitrogens with one attached hydrogen (secondary N) is 1. The number of anilines is 1. The van der Waals surface area contributed by atoms with Crippen molar-refractivity contribution in [3.8, 4) is 0 Å². The highest BCUT2D eigenvalue weighted by Crippen LogP contribution is 2.24. The molecule has 0 aliphatic heterocycles. The van der Waals surface area contributed by atoms with Crippen molar-refractivity contribution >= 4 is 28.6 Å². The van der Waals surface area contributed by atoms with E-state index in [0.717, 1.165) is 27.7 Å². The Kier molecular flexibility index (Phi) is 4.79. The summed E-state index contributed by atoms with van der Waals surface area (Å²) < 4.78 is 1.91. The summed E-state index contributed by atoms with van der Waals surface area (Å²) in [6.07, 6.45) is 5.59. The Morgan fingerprint density at radius 2 is 1.88 bits per heavy atom. The number of pyridine rings is 1. The quantitative estimate of drug-likeness (QED) is 0.417. The third kappa shape index (κ3) is 3.52. The molecular formula is C19H18N6S. The fourth-order valence-electron chi connectivity index (χ4n) is 2.71. The lowest BCUT2D eigenvalue weighted by Gasteiger charge is -2.09. The Morgan fingerprint density at radius 1 is 1.04 bits per heavy atom. The molecule has 3 aromatic heterocycles. The highest BCUT2D eigenvalue weighted by atomic mass is 32.2. The Labute approximate surface area is 155 Å². The van der Waals surface area contributed by atoms with E-state index in [0.29, 0.717) is 13.1 Å². The largest absolute Gasteiger partial charge is 0.364 e. The SMILES string of the molecule is CSc1nc(NCc2ccccn2)c2cnn(Cc3ccccc3)c2n1. The summed E-state index contributed by atoms with van der Waals surface area (Å²) in [6, 6.07) is 16.1. The second-order valence-electron chi connectivity index (χ2n) is 5.76. The average Bonchev–Trinajstić information content (AvgIpc) is 3.10. The molecule has 26 heavy (non-hydrogen) atoms. The normalized spacial score (nSPS) is 11.0. The van der Waals surface area contributed by atoms with Crippen LogP contribution in [0.5, 0.6) is 0 Å². The summed E-state index contributed by atoms with van der Waals surface area (Å²) in [4.78, 5) is 13.6. The van der Waals surface area contributed by atoms with Gasteiger partial charge in [0.2, 0.25) is 0 Å². The van der Waals surface area contributed by atoms with Gasteiger partial charge in [-0.2, -0.15) is 5.10 Å². The van der Waals surface area contributed by atoms with Crippen molar-refractivity contribution in [1.29, 1.82) is 0 Å². The number of thioether (sulfide) groups is 1. The molecule has 0 amide bonds. The topological polar surface area (TPSA) is 68.5 Å². The fraction of sp³-hybridized carbons (Fsp3) is 0.158. The van der Waals surface area contributed by atoms with Crippen LogP contribution in [0.15, 0.2) is 66.1 Å². The number of fused-ring (bicyclic) bond motifs is 1. The lowest BCUT2D eigenvalue weighted by molar-refractivity contribution is 0.699. The molecule has 0 radical (unpaired) electrons. The summed E-state index contributed by atoms with van der Waals surface area (Å²) in [5, 5.41) is 9.54. The van der Waals surface area contributed by atoms with Gasteiger partial charge >= 0.3 is 0 Å². The van der Waals surface area contributed by atoms with Gasteiger partial charge in [0.05, 0.1) is 30.4 Å². The zero-order valence-corrected chi connectivity index (χ0v) is 15.1. The van der Waals surface area contributed by atoms with Gasteiger partial charge in [0.1, 0.15) is 5.82 Å². The molecule has 0 spiro atoms. The van der Waals surface area contributed by atoms with Crippen LogP contribution in [-0.4, -0.2) is 31.0 Å². The van der Waals surface area contributed by atoms with E-state index in [2.05, 4.69) is 37.5 Å². The number of rotatable bonds is 6. The molecule has 0 atom stereocenters. The summed E-state index contributed by atoms with van der Waals surface area (Å²) in [7, 11) is 0. The van der Waals surface area contributed by atoms with E-state index in [1.54, 1.807) is 6.20 Å². The van der Waals surface area contributed by atoms with E-state index in [1.165, 1.54) is 17.3 Å². The van der Waals surface area contributed by atoms with Gasteiger partial charge in [0.25, 0.3) is 0 Å². The van der Waals surface area contributed by atoms with Gasteiger partial charge in [0, 0.05) is 6.20 Å². The van der Waals surface area contributed by atoms with Gasteiger partial charge in [-0.05, 0) is 24.0 Å². The maximum Gasteiger partial charge on any atom is 0.191 e. The van der Waals surface area contributed by atoms with Crippen molar-refractivity contribution in [2.24, 2.45) is 0 Å². The number of hydrogen-bond donors (Lipinski definition) is 1. The van der Waals surface area contributed by atoms with E-state index in [9.17, 15) is 0 Å². The van der Waals surface area contributed by atoms with Gasteiger partial charge in [-0.25, -0.2) is 14.6 Å². The first-order valence-corrected chi connectivity index (χ1v) is 9.51. The average molecular weight is 362 g/mol. The summed E-state index contributed by atoms with van der Waals surface area (Å²) in [5.74, 6) is 0.782. The first-order valence-electron chi connectivity index (χ1n) is 8.29. The Bertz CT molecular complexity index is 1000. The van der Waals surface area contributed by atoms with Crippen LogP contribution in [0, 0.1) is 0 Å². The molecular weight excluding hydrogens is 344 g/mol. The highest BCUT2D eigenvalue weighted by Gasteiger charge is 2.13. The fourth-order valence-corrected chi connectivity index (χ4v) is 3.07. The van der Waals surface area contributed by atoms with Crippen LogP contribution in [0.2, 0.25) is 0 Å². The zero-order valence-electron chi connectivity index (χ0n) is 14.3. The Balaban J connectivity index is 1.67. The minimum atomic E-state index is 0.602.